The van der Waals surface area contributed by atoms with Gasteiger partial charge < -0.3 is 15.2 Å². The molecule has 0 radical (unpaired) electrons. The molecule has 0 saturated heterocycles. The van der Waals surface area contributed by atoms with Crippen LogP contribution in [0.15, 0.2) is 48.5 Å². The average Bonchev–Trinajstić information content (AvgIpc) is 2.48. The largest absolute Gasteiger partial charge is 0.494 e. The molecule has 21 heavy (non-hydrogen) atoms. The van der Waals surface area contributed by atoms with Crippen LogP contribution in [0, 0.1) is 0 Å². The molecule has 0 unspecified atom stereocenters. The Morgan fingerprint density at radius 3 is 2.48 bits per heavy atom. The summed E-state index contributed by atoms with van der Waals surface area (Å²) in [5, 5.41) is 11.8. The van der Waals surface area contributed by atoms with Gasteiger partial charge in [-0.1, -0.05) is 18.2 Å². The van der Waals surface area contributed by atoms with Crippen LogP contribution in [0.1, 0.15) is 27.6 Å². The van der Waals surface area contributed by atoms with E-state index in [9.17, 15) is 9.59 Å². The lowest BCUT2D eigenvalue weighted by Crippen LogP contribution is -2.16. The third-order valence-electron chi connectivity index (χ3n) is 2.81. The second kappa shape index (κ2) is 6.56. The lowest BCUT2D eigenvalue weighted by Gasteiger charge is -2.09. The van der Waals surface area contributed by atoms with Gasteiger partial charge in [-0.25, -0.2) is 4.79 Å². The van der Waals surface area contributed by atoms with Gasteiger partial charge in [0, 0.05) is 11.8 Å². The van der Waals surface area contributed by atoms with Crippen molar-refractivity contribution in [2.75, 3.05) is 11.9 Å². The first-order valence-electron chi connectivity index (χ1n) is 6.48. The molecule has 2 rings (SSSR count). The van der Waals surface area contributed by atoms with Gasteiger partial charge >= 0.3 is 5.97 Å². The van der Waals surface area contributed by atoms with E-state index >= 15 is 0 Å². The van der Waals surface area contributed by atoms with Crippen molar-refractivity contribution in [1.82, 2.24) is 0 Å². The first kappa shape index (κ1) is 14.6. The number of hydrogen-bond donors (Lipinski definition) is 2. The maximum Gasteiger partial charge on any atom is 0.336 e. The molecule has 0 fully saturated rings. The Balaban J connectivity index is 2.22. The number of hydrogen-bond acceptors (Lipinski definition) is 3. The molecule has 0 bridgehead atoms. The molecule has 2 aromatic carbocycles. The number of nitrogens with one attached hydrogen (secondary N) is 1. The van der Waals surface area contributed by atoms with Crippen molar-refractivity contribution in [3.63, 3.8) is 0 Å². The summed E-state index contributed by atoms with van der Waals surface area (Å²) in [5.41, 5.74) is 0.633. The first-order valence-corrected chi connectivity index (χ1v) is 6.48. The fraction of sp³-hybridized carbons (Fsp3) is 0.125. The molecule has 0 spiro atoms. The molecule has 0 aromatic heterocycles. The van der Waals surface area contributed by atoms with Crippen LogP contribution in [-0.2, 0) is 0 Å². The summed E-state index contributed by atoms with van der Waals surface area (Å²) in [5.74, 6) is -0.965. The van der Waals surface area contributed by atoms with E-state index in [0.717, 1.165) is 0 Å². The zero-order valence-corrected chi connectivity index (χ0v) is 11.5. The molecule has 2 N–H and O–H groups in total. The van der Waals surface area contributed by atoms with Gasteiger partial charge in [-0.3, -0.25) is 4.79 Å². The van der Waals surface area contributed by atoms with Gasteiger partial charge in [-0.2, -0.15) is 0 Å². The number of carboxylic acids is 1. The number of benzene rings is 2. The van der Waals surface area contributed by atoms with E-state index in [1.807, 2.05) is 6.92 Å². The van der Waals surface area contributed by atoms with E-state index < -0.39 is 11.9 Å². The van der Waals surface area contributed by atoms with Crippen LogP contribution in [-0.4, -0.2) is 23.6 Å². The quantitative estimate of drug-likeness (QED) is 0.885. The first-order chi connectivity index (χ1) is 10.1. The van der Waals surface area contributed by atoms with E-state index in [-0.39, 0.29) is 11.1 Å². The molecule has 5 heteroatoms. The standard InChI is InChI=1S/C16H15NO4/c1-2-21-12-7-5-6-11(10-12)17-15(18)13-8-3-4-9-14(13)16(19)20/h3-10H,2H2,1H3,(H,17,18)(H,19,20). The van der Waals surface area contributed by atoms with Gasteiger partial charge in [0.2, 0.25) is 0 Å². The fourth-order valence-corrected chi connectivity index (χ4v) is 1.90. The Morgan fingerprint density at radius 2 is 1.81 bits per heavy atom. The zero-order chi connectivity index (χ0) is 15.2. The number of carboxylic acid groups (broad SMARTS) is 1. The molecule has 0 atom stereocenters. The number of amides is 1. The number of carbonyl (C=O) groups is 2. The average molecular weight is 285 g/mol. The molecule has 0 aliphatic rings. The van der Waals surface area contributed by atoms with Crippen LogP contribution in [0.3, 0.4) is 0 Å². The van der Waals surface area contributed by atoms with Gasteiger partial charge in [-0.05, 0) is 31.2 Å². The summed E-state index contributed by atoms with van der Waals surface area (Å²) in [6, 6.07) is 13.0. The second-order valence-electron chi connectivity index (χ2n) is 4.27. The lowest BCUT2D eigenvalue weighted by molar-refractivity contribution is 0.0692. The maximum atomic E-state index is 12.2. The van der Waals surface area contributed by atoms with E-state index in [4.69, 9.17) is 9.84 Å². The molecule has 5 nitrogen and oxygen atoms in total. The van der Waals surface area contributed by atoms with E-state index in [2.05, 4.69) is 5.32 Å². The molecular formula is C16H15NO4. The van der Waals surface area contributed by atoms with Crippen LogP contribution >= 0.6 is 0 Å². The van der Waals surface area contributed by atoms with Gasteiger partial charge in [0.1, 0.15) is 5.75 Å². The van der Waals surface area contributed by atoms with Crippen LogP contribution in [0.2, 0.25) is 0 Å². The summed E-state index contributed by atoms with van der Waals surface area (Å²) < 4.78 is 5.35. The van der Waals surface area contributed by atoms with Crippen molar-refractivity contribution < 1.29 is 19.4 Å². The minimum absolute atomic E-state index is 0.0315. The number of aromatic carboxylic acids is 1. The molecular weight excluding hydrogens is 270 g/mol. The van der Waals surface area contributed by atoms with E-state index in [1.54, 1.807) is 36.4 Å². The summed E-state index contributed by atoms with van der Waals surface area (Å²) in [6.45, 7) is 2.40. The van der Waals surface area contributed by atoms with Crippen LogP contribution in [0.25, 0.3) is 0 Å². The van der Waals surface area contributed by atoms with Crippen molar-refractivity contribution in [2.45, 2.75) is 6.92 Å². The highest BCUT2D eigenvalue weighted by Crippen LogP contribution is 2.19. The smallest absolute Gasteiger partial charge is 0.336 e. The Bertz CT molecular complexity index is 667. The molecule has 108 valence electrons. The van der Waals surface area contributed by atoms with Crippen molar-refractivity contribution in [2.24, 2.45) is 0 Å². The Labute approximate surface area is 122 Å². The predicted molar refractivity (Wildman–Crippen MR) is 79.0 cm³/mol. The topological polar surface area (TPSA) is 75.6 Å². The molecule has 1 amide bonds. The minimum Gasteiger partial charge on any atom is -0.494 e. The van der Waals surface area contributed by atoms with Crippen molar-refractivity contribution >= 4 is 17.6 Å². The minimum atomic E-state index is -1.14. The third kappa shape index (κ3) is 3.60. The Kier molecular flexibility index (Phi) is 4.56. The van der Waals surface area contributed by atoms with Gasteiger partial charge in [-0.15, -0.1) is 0 Å². The number of rotatable bonds is 5. The van der Waals surface area contributed by atoms with Gasteiger partial charge in [0.15, 0.2) is 0 Å². The summed E-state index contributed by atoms with van der Waals surface area (Å²) in [6.07, 6.45) is 0. The van der Waals surface area contributed by atoms with E-state index in [0.29, 0.717) is 18.0 Å². The van der Waals surface area contributed by atoms with Gasteiger partial charge in [0.25, 0.3) is 5.91 Å². The maximum absolute atomic E-state index is 12.2. The normalized spacial score (nSPS) is 9.95. The summed E-state index contributed by atoms with van der Waals surface area (Å²) in [7, 11) is 0. The van der Waals surface area contributed by atoms with Crippen LogP contribution in [0.4, 0.5) is 5.69 Å². The van der Waals surface area contributed by atoms with Crippen molar-refractivity contribution in [3.05, 3.63) is 59.7 Å². The predicted octanol–water partition coefficient (Wildman–Crippen LogP) is 3.04. The molecule has 0 saturated carbocycles. The molecule has 0 aliphatic carbocycles. The third-order valence-corrected chi connectivity index (χ3v) is 2.81. The van der Waals surface area contributed by atoms with E-state index in [1.165, 1.54) is 12.1 Å². The second-order valence-corrected chi connectivity index (χ2v) is 4.27. The number of carbonyl (C=O) groups excluding carboxylic acids is 1. The highest BCUT2D eigenvalue weighted by atomic mass is 16.5. The van der Waals surface area contributed by atoms with Gasteiger partial charge in [0.05, 0.1) is 17.7 Å². The number of ether oxygens (including phenoxy) is 1. The van der Waals surface area contributed by atoms with Crippen molar-refractivity contribution in [3.8, 4) is 5.75 Å². The van der Waals surface area contributed by atoms with Crippen molar-refractivity contribution in [1.29, 1.82) is 0 Å². The SMILES string of the molecule is CCOc1cccc(NC(=O)c2ccccc2C(=O)O)c1. The Hall–Kier alpha value is -2.82. The van der Waals surface area contributed by atoms with Crippen LogP contribution < -0.4 is 10.1 Å². The lowest BCUT2D eigenvalue weighted by atomic mass is 10.1. The highest BCUT2D eigenvalue weighted by molar-refractivity contribution is 6.10. The fourth-order valence-electron chi connectivity index (χ4n) is 1.90. The summed E-state index contributed by atoms with van der Waals surface area (Å²) in [4.78, 5) is 23.3. The molecule has 2 aromatic rings. The van der Waals surface area contributed by atoms with Crippen LogP contribution in [0.5, 0.6) is 5.75 Å². The number of anilines is 1. The summed E-state index contributed by atoms with van der Waals surface area (Å²) >= 11 is 0. The molecule has 0 aliphatic heterocycles. The zero-order valence-electron chi connectivity index (χ0n) is 11.5. The highest BCUT2D eigenvalue weighted by Gasteiger charge is 2.15. The monoisotopic (exact) mass is 285 g/mol. The Morgan fingerprint density at radius 1 is 1.10 bits per heavy atom. The molecule has 0 heterocycles.